The number of ketones is 2. The highest BCUT2D eigenvalue weighted by Crippen LogP contribution is 2.19. The first-order valence-electron chi connectivity index (χ1n) is 17.0. The highest BCUT2D eigenvalue weighted by Gasteiger charge is 2.16. The predicted octanol–water partition coefficient (Wildman–Crippen LogP) is 13.1. The Labute approximate surface area is 282 Å². The Bertz CT molecular complexity index is 1410. The van der Waals surface area contributed by atoms with Crippen LogP contribution in [0.1, 0.15) is 134 Å². The van der Waals surface area contributed by atoms with E-state index < -0.39 is 0 Å². The largest absolute Gasteiger partial charge is 0.290 e. The smallest absolute Gasteiger partial charge is 0.182 e. The van der Waals surface area contributed by atoms with Crippen LogP contribution in [0.2, 0.25) is 0 Å². The lowest BCUT2D eigenvalue weighted by atomic mass is 9.95. The number of carbonyl (C=O) groups excluding carboxylic acids is 2. The number of allylic oxidation sites excluding steroid dienone is 22. The molecule has 0 unspecified atom stereocenters. The van der Waals surface area contributed by atoms with Crippen LogP contribution in [0, 0.1) is 0 Å². The molecular formula is C44H62O2. The summed E-state index contributed by atoms with van der Waals surface area (Å²) in [5, 5.41) is 0. The third kappa shape index (κ3) is 19.1. The van der Waals surface area contributed by atoms with Gasteiger partial charge in [0.25, 0.3) is 0 Å². The Morgan fingerprint density at radius 3 is 1.00 bits per heavy atom. The van der Waals surface area contributed by atoms with Crippen LogP contribution in [-0.2, 0) is 9.59 Å². The van der Waals surface area contributed by atoms with E-state index in [2.05, 4.69) is 124 Å². The Hall–Kier alpha value is -3.52. The van der Waals surface area contributed by atoms with Crippen molar-refractivity contribution in [1.29, 1.82) is 0 Å². The topological polar surface area (TPSA) is 34.1 Å². The molecule has 0 atom stereocenters. The molecule has 1 aliphatic rings. The molecule has 0 bridgehead atoms. The first-order chi connectivity index (χ1) is 21.7. The monoisotopic (exact) mass is 622 g/mol. The molecule has 1 aliphatic carbocycles. The van der Waals surface area contributed by atoms with Crippen molar-refractivity contribution >= 4 is 11.6 Å². The van der Waals surface area contributed by atoms with Crippen LogP contribution in [0.4, 0.5) is 0 Å². The van der Waals surface area contributed by atoms with Crippen molar-refractivity contribution in [2.45, 2.75) is 134 Å². The number of hydrogen-bond donors (Lipinski definition) is 0. The second kappa shape index (κ2) is 22.1. The van der Waals surface area contributed by atoms with Crippen molar-refractivity contribution in [3.05, 3.63) is 128 Å². The van der Waals surface area contributed by atoms with Crippen LogP contribution < -0.4 is 0 Å². The second-order valence-electron chi connectivity index (χ2n) is 13.7. The van der Waals surface area contributed by atoms with E-state index in [1.165, 1.54) is 62.3 Å². The molecule has 2 heteroatoms. The molecule has 0 spiro atoms. The third-order valence-electron chi connectivity index (χ3n) is 8.27. The third-order valence-corrected chi connectivity index (χ3v) is 8.27. The fourth-order valence-electron chi connectivity index (χ4n) is 4.53. The maximum atomic E-state index is 12.1. The lowest BCUT2D eigenvalue weighted by molar-refractivity contribution is -0.115. The summed E-state index contributed by atoms with van der Waals surface area (Å²) in [6.07, 6.45) is 32.1. The van der Waals surface area contributed by atoms with Gasteiger partial charge in [-0.15, -0.1) is 0 Å². The van der Waals surface area contributed by atoms with Crippen molar-refractivity contribution in [3.8, 4) is 0 Å². The molecule has 0 radical (unpaired) electrons. The van der Waals surface area contributed by atoms with Crippen LogP contribution in [0.25, 0.3) is 0 Å². The molecule has 0 aromatic rings. The molecule has 0 saturated heterocycles. The molecule has 46 heavy (non-hydrogen) atoms. The molecule has 0 N–H and O–H groups in total. The highest BCUT2D eigenvalue weighted by molar-refractivity contribution is 6.19. The summed E-state index contributed by atoms with van der Waals surface area (Å²) in [4.78, 5) is 24.0. The lowest BCUT2D eigenvalue weighted by Gasteiger charge is -2.08. The Morgan fingerprint density at radius 1 is 0.413 bits per heavy atom. The van der Waals surface area contributed by atoms with Crippen molar-refractivity contribution < 1.29 is 9.59 Å². The highest BCUT2D eigenvalue weighted by atomic mass is 16.1. The minimum absolute atomic E-state index is 0.0502. The molecule has 0 saturated carbocycles. The van der Waals surface area contributed by atoms with Crippen LogP contribution >= 0.6 is 0 Å². The quantitative estimate of drug-likeness (QED) is 0.113. The van der Waals surface area contributed by atoms with Crippen molar-refractivity contribution in [2.24, 2.45) is 0 Å². The maximum Gasteiger partial charge on any atom is 0.182 e. The van der Waals surface area contributed by atoms with E-state index in [4.69, 9.17) is 0 Å². The molecule has 0 fully saturated rings. The van der Waals surface area contributed by atoms with Gasteiger partial charge in [0.1, 0.15) is 0 Å². The molecule has 1 rings (SSSR count). The predicted molar refractivity (Wildman–Crippen MR) is 203 cm³/mol. The average Bonchev–Trinajstić information content (AvgIpc) is 3.01. The Balaban J connectivity index is 2.48. The standard InChI is InChI=1S/C44H62O2/c1-32(2)12-13-33(3)14-15-34(4)16-17-35(5)18-19-36(6)20-21-37(7)22-23-38(8)24-25-39(9)26-27-40(10)28-29-42-31-43(45)41(11)30-44(42)46/h12,14,16,18,20,22,24,26,28,30-31H,13,15,17,19,21,23,25,27,29H2,1-11H3/b33-14+,34-16+,35-18+,36-20+,37-22+,38-24+,39-26+,40-28+. The minimum Gasteiger partial charge on any atom is -0.290 e. The molecule has 2 nitrogen and oxygen atoms in total. The van der Waals surface area contributed by atoms with Crippen LogP contribution in [0.5, 0.6) is 0 Å². The Kier molecular flexibility index (Phi) is 19.4. The summed E-state index contributed by atoms with van der Waals surface area (Å²) in [5.74, 6) is -0.112. The van der Waals surface area contributed by atoms with E-state index in [-0.39, 0.29) is 11.6 Å². The maximum absolute atomic E-state index is 12.1. The van der Waals surface area contributed by atoms with Gasteiger partial charge in [0.15, 0.2) is 11.6 Å². The summed E-state index contributed by atoms with van der Waals surface area (Å²) in [6, 6.07) is 0. The van der Waals surface area contributed by atoms with E-state index in [9.17, 15) is 9.59 Å². The first kappa shape index (κ1) is 40.5. The van der Waals surface area contributed by atoms with Gasteiger partial charge in [0.05, 0.1) is 0 Å². The molecule has 0 amide bonds. The summed E-state index contributed by atoms with van der Waals surface area (Å²) in [7, 11) is 0. The van der Waals surface area contributed by atoms with E-state index >= 15 is 0 Å². The number of hydrogen-bond acceptors (Lipinski definition) is 2. The van der Waals surface area contributed by atoms with Gasteiger partial charge in [-0.2, -0.15) is 0 Å². The first-order valence-corrected chi connectivity index (χ1v) is 17.0. The van der Waals surface area contributed by atoms with Gasteiger partial charge in [-0.05, 0) is 146 Å². The number of carbonyl (C=O) groups is 2. The Morgan fingerprint density at radius 2 is 0.696 bits per heavy atom. The van der Waals surface area contributed by atoms with Crippen LogP contribution in [0.3, 0.4) is 0 Å². The van der Waals surface area contributed by atoms with Gasteiger partial charge in [0.2, 0.25) is 0 Å². The van der Waals surface area contributed by atoms with Crippen LogP contribution in [0.15, 0.2) is 128 Å². The minimum atomic E-state index is -0.0622. The molecule has 0 aliphatic heterocycles. The second-order valence-corrected chi connectivity index (χ2v) is 13.7. The zero-order valence-corrected chi connectivity index (χ0v) is 31.0. The van der Waals surface area contributed by atoms with E-state index in [1.807, 2.05) is 0 Å². The van der Waals surface area contributed by atoms with Crippen molar-refractivity contribution in [1.82, 2.24) is 0 Å². The van der Waals surface area contributed by atoms with Crippen LogP contribution in [-0.4, -0.2) is 11.6 Å². The summed E-state index contributed by atoms with van der Waals surface area (Å²) >= 11 is 0. The summed E-state index contributed by atoms with van der Waals surface area (Å²) in [6.45, 7) is 23.6. The van der Waals surface area contributed by atoms with Crippen molar-refractivity contribution in [3.63, 3.8) is 0 Å². The van der Waals surface area contributed by atoms with E-state index in [0.29, 0.717) is 17.6 Å². The normalized spacial score (nSPS) is 16.6. The molecule has 0 aromatic carbocycles. The van der Waals surface area contributed by atoms with E-state index in [1.54, 1.807) is 6.92 Å². The van der Waals surface area contributed by atoms with Gasteiger partial charge in [-0.25, -0.2) is 0 Å². The summed E-state index contributed by atoms with van der Waals surface area (Å²) < 4.78 is 0. The average molecular weight is 623 g/mol. The van der Waals surface area contributed by atoms with Crippen molar-refractivity contribution in [2.75, 3.05) is 0 Å². The van der Waals surface area contributed by atoms with Gasteiger partial charge in [-0.3, -0.25) is 9.59 Å². The molecule has 0 heterocycles. The van der Waals surface area contributed by atoms with Gasteiger partial charge in [-0.1, -0.05) is 105 Å². The zero-order chi connectivity index (χ0) is 34.6. The van der Waals surface area contributed by atoms with Gasteiger partial charge < -0.3 is 0 Å². The fraction of sp³-hybridized carbons (Fsp3) is 0.455. The SMILES string of the molecule is CC(C)=CC/C(C)=C/C/C(C)=C/C/C(C)=C/C/C(C)=C/C/C(C)=C/C/C(C)=C/C/C(C)=C/C/C(C)=C/CC1=CC(=O)C(C)=CC1=O. The molecular weight excluding hydrogens is 560 g/mol. The van der Waals surface area contributed by atoms with E-state index in [0.717, 1.165) is 51.4 Å². The fourth-order valence-corrected chi connectivity index (χ4v) is 4.53. The number of rotatable bonds is 18. The lowest BCUT2D eigenvalue weighted by Crippen LogP contribution is -2.11. The molecule has 0 aromatic heterocycles. The van der Waals surface area contributed by atoms with Gasteiger partial charge >= 0.3 is 0 Å². The summed E-state index contributed by atoms with van der Waals surface area (Å²) in [5.41, 5.74) is 13.5. The van der Waals surface area contributed by atoms with Gasteiger partial charge in [0, 0.05) is 11.1 Å². The molecule has 250 valence electrons. The zero-order valence-electron chi connectivity index (χ0n) is 31.0.